The van der Waals surface area contributed by atoms with Crippen molar-refractivity contribution < 1.29 is 14.3 Å². The van der Waals surface area contributed by atoms with Crippen molar-refractivity contribution in [1.82, 2.24) is 0 Å². The Bertz CT molecular complexity index is 356. The Hall–Kier alpha value is -1.61. The van der Waals surface area contributed by atoms with Gasteiger partial charge in [-0.3, -0.25) is 4.79 Å². The molecule has 0 radical (unpaired) electrons. The van der Waals surface area contributed by atoms with Crippen LogP contribution in [0.4, 0.5) is 0 Å². The summed E-state index contributed by atoms with van der Waals surface area (Å²) in [6, 6.07) is 5.35. The lowest BCUT2D eigenvalue weighted by atomic mass is 10.1. The molecule has 0 fully saturated rings. The van der Waals surface area contributed by atoms with Crippen LogP contribution in [0.1, 0.15) is 15.9 Å². The Kier molecular flexibility index (Phi) is 4.57. The summed E-state index contributed by atoms with van der Waals surface area (Å²) in [5.41, 5.74) is 1.53. The van der Waals surface area contributed by atoms with Crippen LogP contribution in [0.25, 0.3) is 6.08 Å². The van der Waals surface area contributed by atoms with Gasteiger partial charge in [0.05, 0.1) is 13.7 Å². The highest BCUT2D eigenvalue weighted by molar-refractivity contribution is 5.77. The molecular weight excluding hydrogens is 192 g/mol. The van der Waals surface area contributed by atoms with Gasteiger partial charge in [-0.1, -0.05) is 12.2 Å². The number of ether oxygens (including phenoxy) is 2. The summed E-state index contributed by atoms with van der Waals surface area (Å²) in [5, 5.41) is 0. The molecule has 1 rings (SSSR count). The lowest BCUT2D eigenvalue weighted by Gasteiger charge is -2.02. The highest BCUT2D eigenvalue weighted by Gasteiger charge is 1.97. The Balaban J connectivity index is 2.91. The number of methoxy groups -OCH3 is 2. The molecule has 3 nitrogen and oxygen atoms in total. The van der Waals surface area contributed by atoms with Gasteiger partial charge in [0.15, 0.2) is 0 Å². The van der Waals surface area contributed by atoms with Gasteiger partial charge in [0, 0.05) is 12.7 Å². The lowest BCUT2D eigenvalue weighted by Crippen LogP contribution is -1.88. The van der Waals surface area contributed by atoms with Crippen LogP contribution in [0, 0.1) is 0 Å². The Morgan fingerprint density at radius 1 is 1.20 bits per heavy atom. The third-order valence-electron chi connectivity index (χ3n) is 1.90. The molecule has 0 atom stereocenters. The molecule has 0 saturated carbocycles. The lowest BCUT2D eigenvalue weighted by molar-refractivity contribution is 0.112. The van der Waals surface area contributed by atoms with E-state index in [2.05, 4.69) is 0 Å². The van der Waals surface area contributed by atoms with Gasteiger partial charge in [0.25, 0.3) is 0 Å². The van der Waals surface area contributed by atoms with E-state index in [1.165, 1.54) is 0 Å². The molecule has 0 bridgehead atoms. The fraction of sp³-hybridized carbons (Fsp3) is 0.250. The molecule has 0 aliphatic rings. The molecule has 0 unspecified atom stereocenters. The summed E-state index contributed by atoms with van der Waals surface area (Å²) in [6.45, 7) is 0.549. The number of carbonyl (C=O) groups is 1. The van der Waals surface area contributed by atoms with Crippen LogP contribution in [0.2, 0.25) is 0 Å². The number of hydrogen-bond acceptors (Lipinski definition) is 3. The zero-order valence-corrected chi connectivity index (χ0v) is 8.90. The van der Waals surface area contributed by atoms with Crippen LogP contribution in [0.3, 0.4) is 0 Å². The molecule has 80 valence electrons. The number of aldehydes is 1. The SMILES string of the molecule is COCC=Cc1cc(C=O)cc(OC)c1. The van der Waals surface area contributed by atoms with Crippen molar-refractivity contribution in [3.8, 4) is 5.75 Å². The van der Waals surface area contributed by atoms with Crippen LogP contribution < -0.4 is 4.74 Å². The molecule has 0 spiro atoms. The maximum atomic E-state index is 10.7. The van der Waals surface area contributed by atoms with Crippen LogP contribution in [0.15, 0.2) is 24.3 Å². The maximum absolute atomic E-state index is 10.7. The summed E-state index contributed by atoms with van der Waals surface area (Å²) in [7, 11) is 3.21. The Labute approximate surface area is 89.3 Å². The zero-order chi connectivity index (χ0) is 11.1. The van der Waals surface area contributed by atoms with E-state index in [9.17, 15) is 4.79 Å². The van der Waals surface area contributed by atoms with Gasteiger partial charge >= 0.3 is 0 Å². The molecule has 1 aromatic rings. The van der Waals surface area contributed by atoms with E-state index >= 15 is 0 Å². The summed E-state index contributed by atoms with van der Waals surface area (Å²) in [4.78, 5) is 10.7. The van der Waals surface area contributed by atoms with Crippen LogP contribution in [-0.2, 0) is 4.74 Å². The van der Waals surface area contributed by atoms with Crippen molar-refractivity contribution in [3.63, 3.8) is 0 Å². The fourth-order valence-electron chi connectivity index (χ4n) is 1.21. The minimum Gasteiger partial charge on any atom is -0.497 e. The predicted molar refractivity (Wildman–Crippen MR) is 59.3 cm³/mol. The third-order valence-corrected chi connectivity index (χ3v) is 1.90. The first-order valence-corrected chi connectivity index (χ1v) is 4.60. The quantitative estimate of drug-likeness (QED) is 0.692. The third kappa shape index (κ3) is 3.56. The normalized spacial score (nSPS) is 10.5. The average Bonchev–Trinajstić information content (AvgIpc) is 2.29. The predicted octanol–water partition coefficient (Wildman–Crippen LogP) is 2.17. The van der Waals surface area contributed by atoms with E-state index in [1.54, 1.807) is 26.4 Å². The molecule has 3 heteroatoms. The maximum Gasteiger partial charge on any atom is 0.150 e. The highest BCUT2D eigenvalue weighted by Crippen LogP contribution is 2.16. The van der Waals surface area contributed by atoms with E-state index in [0.717, 1.165) is 11.8 Å². The highest BCUT2D eigenvalue weighted by atomic mass is 16.5. The van der Waals surface area contributed by atoms with Gasteiger partial charge in [-0.05, 0) is 23.8 Å². The molecule has 1 aromatic carbocycles. The number of benzene rings is 1. The second-order valence-electron chi connectivity index (χ2n) is 3.02. The first kappa shape index (κ1) is 11.5. The van der Waals surface area contributed by atoms with Crippen molar-refractivity contribution in [2.24, 2.45) is 0 Å². The van der Waals surface area contributed by atoms with Crippen molar-refractivity contribution in [2.45, 2.75) is 0 Å². The molecule has 0 aromatic heterocycles. The number of rotatable bonds is 5. The van der Waals surface area contributed by atoms with E-state index in [1.807, 2.05) is 18.2 Å². The Morgan fingerprint density at radius 2 is 1.93 bits per heavy atom. The molecule has 0 aliphatic carbocycles. The molecule has 15 heavy (non-hydrogen) atoms. The monoisotopic (exact) mass is 206 g/mol. The summed E-state index contributed by atoms with van der Waals surface area (Å²) >= 11 is 0. The van der Waals surface area contributed by atoms with E-state index in [4.69, 9.17) is 9.47 Å². The van der Waals surface area contributed by atoms with Crippen molar-refractivity contribution in [2.75, 3.05) is 20.8 Å². The van der Waals surface area contributed by atoms with E-state index < -0.39 is 0 Å². The van der Waals surface area contributed by atoms with Gasteiger partial charge < -0.3 is 9.47 Å². The summed E-state index contributed by atoms with van der Waals surface area (Å²) in [6.07, 6.45) is 4.57. The smallest absolute Gasteiger partial charge is 0.150 e. The molecular formula is C12H14O3. The van der Waals surface area contributed by atoms with Crippen LogP contribution >= 0.6 is 0 Å². The standard InChI is InChI=1S/C12H14O3/c1-14-5-3-4-10-6-11(9-13)8-12(7-10)15-2/h3-4,6-9H,5H2,1-2H3. The first-order chi connectivity index (χ1) is 7.30. The minimum atomic E-state index is 0.549. The topological polar surface area (TPSA) is 35.5 Å². The van der Waals surface area contributed by atoms with Gasteiger partial charge in [0.2, 0.25) is 0 Å². The Morgan fingerprint density at radius 3 is 2.53 bits per heavy atom. The van der Waals surface area contributed by atoms with Crippen LogP contribution in [0.5, 0.6) is 5.75 Å². The van der Waals surface area contributed by atoms with Crippen molar-refractivity contribution in [3.05, 3.63) is 35.4 Å². The van der Waals surface area contributed by atoms with E-state index in [0.29, 0.717) is 17.9 Å². The molecule has 0 amide bonds. The number of hydrogen-bond donors (Lipinski definition) is 0. The van der Waals surface area contributed by atoms with E-state index in [-0.39, 0.29) is 0 Å². The van der Waals surface area contributed by atoms with Crippen molar-refractivity contribution >= 4 is 12.4 Å². The summed E-state index contributed by atoms with van der Waals surface area (Å²) < 4.78 is 9.97. The summed E-state index contributed by atoms with van der Waals surface area (Å²) in [5.74, 6) is 0.677. The molecule has 0 heterocycles. The zero-order valence-electron chi connectivity index (χ0n) is 8.90. The molecule has 0 N–H and O–H groups in total. The second kappa shape index (κ2) is 5.98. The van der Waals surface area contributed by atoms with Gasteiger partial charge in [0.1, 0.15) is 12.0 Å². The largest absolute Gasteiger partial charge is 0.497 e. The second-order valence-corrected chi connectivity index (χ2v) is 3.02. The number of carbonyl (C=O) groups excluding carboxylic acids is 1. The van der Waals surface area contributed by atoms with Gasteiger partial charge in [-0.2, -0.15) is 0 Å². The minimum absolute atomic E-state index is 0.549. The first-order valence-electron chi connectivity index (χ1n) is 4.60. The molecule has 0 aliphatic heterocycles. The van der Waals surface area contributed by atoms with Gasteiger partial charge in [-0.15, -0.1) is 0 Å². The van der Waals surface area contributed by atoms with Crippen molar-refractivity contribution in [1.29, 1.82) is 0 Å². The van der Waals surface area contributed by atoms with Crippen LogP contribution in [-0.4, -0.2) is 27.1 Å². The molecule has 0 saturated heterocycles. The average molecular weight is 206 g/mol. The van der Waals surface area contributed by atoms with Gasteiger partial charge in [-0.25, -0.2) is 0 Å². The fourth-order valence-corrected chi connectivity index (χ4v) is 1.21.